The minimum Gasteiger partial charge on any atom is -0.396 e. The van der Waals surface area contributed by atoms with Crippen LogP contribution in [0.5, 0.6) is 0 Å². The molecule has 2 heterocycles. The third kappa shape index (κ3) is 2.43. The van der Waals surface area contributed by atoms with Crippen LogP contribution in [0.15, 0.2) is 11.6 Å². The second-order valence-corrected chi connectivity index (χ2v) is 6.42. The topological polar surface area (TPSA) is 29.5 Å². The Bertz CT molecular complexity index is 294. The van der Waals surface area contributed by atoms with E-state index in [-0.39, 0.29) is 17.6 Å². The summed E-state index contributed by atoms with van der Waals surface area (Å²) in [5.74, 6) is 0.599. The van der Waals surface area contributed by atoms with Crippen LogP contribution >= 0.6 is 0 Å². The summed E-state index contributed by atoms with van der Waals surface area (Å²) in [6, 6.07) is 0. The average Bonchev–Trinajstić information content (AvgIpc) is 2.30. The van der Waals surface area contributed by atoms with Gasteiger partial charge in [0.25, 0.3) is 0 Å². The van der Waals surface area contributed by atoms with E-state index in [1.54, 1.807) is 0 Å². The zero-order chi connectivity index (χ0) is 12.5. The quantitative estimate of drug-likeness (QED) is 0.761. The van der Waals surface area contributed by atoms with Gasteiger partial charge in [0, 0.05) is 5.41 Å². The fourth-order valence-electron chi connectivity index (χ4n) is 3.45. The Balaban J connectivity index is 1.98. The van der Waals surface area contributed by atoms with Gasteiger partial charge in [-0.25, -0.2) is 0 Å². The van der Waals surface area contributed by atoms with E-state index in [0.29, 0.717) is 5.92 Å². The number of hydrogen-bond acceptors (Lipinski definition) is 2. The molecule has 3 fully saturated rings. The first-order valence-corrected chi connectivity index (χ1v) is 6.90. The summed E-state index contributed by atoms with van der Waals surface area (Å²) in [7, 11) is 0. The van der Waals surface area contributed by atoms with Crippen LogP contribution < -0.4 is 0 Å². The van der Waals surface area contributed by atoms with Crippen molar-refractivity contribution in [1.82, 2.24) is 0 Å². The van der Waals surface area contributed by atoms with Gasteiger partial charge in [0.1, 0.15) is 0 Å². The van der Waals surface area contributed by atoms with Crippen molar-refractivity contribution in [2.45, 2.75) is 58.5 Å². The SMILES string of the molecule is CC(C)=CCC[C@@]12CCC(CO)(CO1)C(C)C2. The Hall–Kier alpha value is -0.340. The van der Waals surface area contributed by atoms with Crippen LogP contribution in [0.25, 0.3) is 0 Å². The van der Waals surface area contributed by atoms with Crippen LogP contribution in [0.2, 0.25) is 0 Å². The van der Waals surface area contributed by atoms with Gasteiger partial charge in [-0.1, -0.05) is 18.6 Å². The second kappa shape index (κ2) is 4.74. The van der Waals surface area contributed by atoms with E-state index in [9.17, 15) is 5.11 Å². The molecule has 3 aliphatic rings. The van der Waals surface area contributed by atoms with Crippen molar-refractivity contribution < 1.29 is 9.84 Å². The molecule has 2 bridgehead atoms. The Kier molecular flexibility index (Phi) is 3.65. The molecule has 2 saturated heterocycles. The number of allylic oxidation sites excluding steroid dienone is 2. The van der Waals surface area contributed by atoms with Crippen molar-refractivity contribution in [2.75, 3.05) is 13.2 Å². The summed E-state index contributed by atoms with van der Waals surface area (Å²) in [4.78, 5) is 0. The molecule has 1 saturated carbocycles. The lowest BCUT2D eigenvalue weighted by atomic mass is 9.59. The molecule has 2 unspecified atom stereocenters. The van der Waals surface area contributed by atoms with Gasteiger partial charge in [-0.3, -0.25) is 0 Å². The van der Waals surface area contributed by atoms with Gasteiger partial charge in [0.15, 0.2) is 0 Å². The van der Waals surface area contributed by atoms with E-state index in [1.165, 1.54) is 5.57 Å². The average molecular weight is 238 g/mol. The van der Waals surface area contributed by atoms with E-state index in [1.807, 2.05) is 0 Å². The van der Waals surface area contributed by atoms with Crippen LogP contribution in [0.4, 0.5) is 0 Å². The van der Waals surface area contributed by atoms with Crippen LogP contribution in [-0.4, -0.2) is 23.9 Å². The Morgan fingerprint density at radius 3 is 2.65 bits per heavy atom. The zero-order valence-electron chi connectivity index (χ0n) is 11.5. The number of fused-ring (bicyclic) bond motifs is 3. The number of hydrogen-bond donors (Lipinski definition) is 1. The van der Waals surface area contributed by atoms with E-state index in [0.717, 1.165) is 38.7 Å². The maximum absolute atomic E-state index is 9.58. The molecule has 0 amide bonds. The molecule has 1 N–H and O–H groups in total. The van der Waals surface area contributed by atoms with Gasteiger partial charge < -0.3 is 9.84 Å². The summed E-state index contributed by atoms with van der Waals surface area (Å²) >= 11 is 0. The van der Waals surface area contributed by atoms with Crippen molar-refractivity contribution in [1.29, 1.82) is 0 Å². The molecule has 3 rings (SSSR count). The smallest absolute Gasteiger partial charge is 0.0688 e. The Morgan fingerprint density at radius 1 is 1.41 bits per heavy atom. The lowest BCUT2D eigenvalue weighted by Gasteiger charge is -2.56. The lowest BCUT2D eigenvalue weighted by molar-refractivity contribution is -0.220. The number of rotatable bonds is 4. The van der Waals surface area contributed by atoms with Crippen LogP contribution in [-0.2, 0) is 4.74 Å². The summed E-state index contributed by atoms with van der Waals surface area (Å²) < 4.78 is 6.12. The minimum absolute atomic E-state index is 0.0677. The Morgan fingerprint density at radius 2 is 2.18 bits per heavy atom. The normalized spacial score (nSPS) is 40.4. The van der Waals surface area contributed by atoms with Crippen LogP contribution in [0.3, 0.4) is 0 Å². The number of aliphatic hydroxyl groups excluding tert-OH is 1. The largest absolute Gasteiger partial charge is 0.396 e. The van der Waals surface area contributed by atoms with Crippen molar-refractivity contribution in [2.24, 2.45) is 11.3 Å². The van der Waals surface area contributed by atoms with Gasteiger partial charge in [-0.05, 0) is 51.9 Å². The molecular formula is C15H26O2. The third-order valence-corrected chi connectivity index (χ3v) is 4.94. The van der Waals surface area contributed by atoms with Gasteiger partial charge in [-0.2, -0.15) is 0 Å². The second-order valence-electron chi connectivity index (χ2n) is 6.42. The molecule has 2 heteroatoms. The van der Waals surface area contributed by atoms with E-state index in [4.69, 9.17) is 4.74 Å². The lowest BCUT2D eigenvalue weighted by Crippen LogP contribution is -2.56. The van der Waals surface area contributed by atoms with E-state index >= 15 is 0 Å². The van der Waals surface area contributed by atoms with Gasteiger partial charge in [-0.15, -0.1) is 0 Å². The van der Waals surface area contributed by atoms with Crippen molar-refractivity contribution in [3.8, 4) is 0 Å². The fourth-order valence-corrected chi connectivity index (χ4v) is 3.45. The molecule has 2 aliphatic heterocycles. The first kappa shape index (κ1) is 13.1. The highest BCUT2D eigenvalue weighted by atomic mass is 16.5. The number of aliphatic hydroxyl groups is 1. The predicted octanol–water partition coefficient (Wildman–Crippen LogP) is 3.30. The van der Waals surface area contributed by atoms with Gasteiger partial charge in [0.05, 0.1) is 18.8 Å². The van der Waals surface area contributed by atoms with Gasteiger partial charge >= 0.3 is 0 Å². The molecule has 17 heavy (non-hydrogen) atoms. The predicted molar refractivity (Wildman–Crippen MR) is 69.9 cm³/mol. The highest BCUT2D eigenvalue weighted by Crippen LogP contribution is 2.53. The van der Waals surface area contributed by atoms with Crippen molar-refractivity contribution in [3.63, 3.8) is 0 Å². The van der Waals surface area contributed by atoms with Crippen LogP contribution in [0, 0.1) is 11.3 Å². The van der Waals surface area contributed by atoms with E-state index < -0.39 is 0 Å². The summed E-state index contributed by atoms with van der Waals surface area (Å²) in [5, 5.41) is 9.58. The molecule has 0 aromatic rings. The molecular weight excluding hydrogens is 212 g/mol. The summed E-state index contributed by atoms with van der Waals surface area (Å²) in [6.07, 6.45) is 7.98. The molecule has 0 spiro atoms. The van der Waals surface area contributed by atoms with Crippen molar-refractivity contribution >= 4 is 0 Å². The highest BCUT2D eigenvalue weighted by molar-refractivity contribution is 5.04. The molecule has 0 aromatic heterocycles. The first-order chi connectivity index (χ1) is 8.02. The Labute approximate surface area is 105 Å². The monoisotopic (exact) mass is 238 g/mol. The van der Waals surface area contributed by atoms with Gasteiger partial charge in [0.2, 0.25) is 0 Å². The zero-order valence-corrected chi connectivity index (χ0v) is 11.5. The van der Waals surface area contributed by atoms with E-state index in [2.05, 4.69) is 26.8 Å². The molecule has 1 aliphatic carbocycles. The molecule has 0 radical (unpaired) electrons. The maximum Gasteiger partial charge on any atom is 0.0688 e. The summed E-state index contributed by atoms with van der Waals surface area (Å²) in [6.45, 7) is 7.64. The maximum atomic E-state index is 9.58. The standard InChI is InChI=1S/C15H26O2/c1-12(2)5-4-6-15-8-7-14(10-16,11-17-15)13(3)9-15/h5,13,16H,4,6-11H2,1-3H3/t13?,14?,15-/m0/s1. The van der Waals surface area contributed by atoms with Crippen LogP contribution in [0.1, 0.15) is 52.9 Å². The molecule has 3 atom stereocenters. The molecule has 2 nitrogen and oxygen atoms in total. The minimum atomic E-state index is 0.0677. The fraction of sp³-hybridized carbons (Fsp3) is 0.867. The highest BCUT2D eigenvalue weighted by Gasteiger charge is 2.53. The number of ether oxygens (including phenoxy) is 1. The first-order valence-electron chi connectivity index (χ1n) is 6.90. The van der Waals surface area contributed by atoms with Crippen molar-refractivity contribution in [3.05, 3.63) is 11.6 Å². The summed E-state index contributed by atoms with van der Waals surface area (Å²) in [5.41, 5.74) is 1.58. The molecule has 0 aromatic carbocycles. The third-order valence-electron chi connectivity index (χ3n) is 4.94. The molecule has 98 valence electrons.